The molecule has 0 spiro atoms. The molecule has 1 aromatic carbocycles. The molecule has 4 heteroatoms. The molecule has 0 saturated carbocycles. The van der Waals surface area contributed by atoms with Gasteiger partial charge in [-0.1, -0.05) is 57.6 Å². The molecule has 116 valence electrons. The Morgan fingerprint density at radius 3 is 2.05 bits per heavy atom. The summed E-state index contributed by atoms with van der Waals surface area (Å²) in [6.07, 6.45) is 9.76. The molecule has 0 radical (unpaired) electrons. The topological polar surface area (TPSA) is 23.8 Å². The van der Waals surface area contributed by atoms with Gasteiger partial charge in [-0.3, -0.25) is 0 Å². The summed E-state index contributed by atoms with van der Waals surface area (Å²) >= 11 is 0. The maximum Gasteiger partial charge on any atom is 2.00 e. The van der Waals surface area contributed by atoms with Gasteiger partial charge in [0.2, 0.25) is 0 Å². The van der Waals surface area contributed by atoms with Crippen molar-refractivity contribution < 1.29 is 21.7 Å². The normalized spacial score (nSPS) is 11.8. The first-order valence-electron chi connectivity index (χ1n) is 6.41. The first-order chi connectivity index (χ1) is 8.42. The Labute approximate surface area is 157 Å². The Balaban J connectivity index is -0.000000360. The first kappa shape index (κ1) is 25.8. The number of nitrogens with one attached hydrogen (secondary N) is 1. The predicted octanol–water partition coefficient (Wildman–Crippen LogP) is 6.28. The molecule has 1 aliphatic rings. The molecule has 1 aromatic rings. The fraction of sp³-hybridized carbons (Fsp3) is 0.353. The number of halogens is 2. The van der Waals surface area contributed by atoms with E-state index in [2.05, 4.69) is 55.8 Å². The number of benzene rings is 1. The second-order valence-electron chi connectivity index (χ2n) is 5.45. The quantitative estimate of drug-likeness (QED) is 0.437. The van der Waals surface area contributed by atoms with Gasteiger partial charge in [-0.15, -0.1) is 48.0 Å². The van der Waals surface area contributed by atoms with Crippen LogP contribution in [0.1, 0.15) is 45.2 Å². The monoisotopic (exact) mass is 361 g/mol. The van der Waals surface area contributed by atoms with E-state index in [1.807, 2.05) is 20.8 Å². The van der Waals surface area contributed by atoms with Crippen LogP contribution in [0.15, 0.2) is 42.5 Å². The summed E-state index contributed by atoms with van der Waals surface area (Å²) in [7, 11) is 0. The molecule has 0 bridgehead atoms. The van der Waals surface area contributed by atoms with Crippen LogP contribution in [0, 0.1) is 6.42 Å². The summed E-state index contributed by atoms with van der Waals surface area (Å²) < 4.78 is 0. The third kappa shape index (κ3) is 11.1. The number of hydrogen-bond donors (Lipinski definition) is 0. The molecule has 21 heavy (non-hydrogen) atoms. The predicted molar refractivity (Wildman–Crippen MR) is 95.8 cm³/mol. The van der Waals surface area contributed by atoms with Crippen LogP contribution in [0.5, 0.6) is 0 Å². The van der Waals surface area contributed by atoms with Crippen molar-refractivity contribution in [2.45, 2.75) is 39.7 Å². The van der Waals surface area contributed by atoms with Crippen LogP contribution in [0.3, 0.4) is 0 Å². The van der Waals surface area contributed by atoms with Gasteiger partial charge in [-0.25, -0.2) is 0 Å². The molecule has 0 amide bonds. The van der Waals surface area contributed by atoms with Crippen LogP contribution in [-0.4, -0.2) is 5.54 Å². The average molecular weight is 362 g/mol. The van der Waals surface area contributed by atoms with Crippen molar-refractivity contribution in [3.63, 3.8) is 0 Å². The zero-order valence-corrected chi connectivity index (χ0v) is 16.3. The molecule has 0 heterocycles. The van der Waals surface area contributed by atoms with Gasteiger partial charge in [0, 0.05) is 0 Å². The van der Waals surface area contributed by atoms with E-state index in [1.54, 1.807) is 0 Å². The van der Waals surface area contributed by atoms with Gasteiger partial charge in [-0.05, 0) is 6.42 Å². The van der Waals surface area contributed by atoms with E-state index < -0.39 is 0 Å². The van der Waals surface area contributed by atoms with Crippen LogP contribution >= 0.6 is 24.8 Å². The van der Waals surface area contributed by atoms with E-state index in [9.17, 15) is 0 Å². The Hall–Kier alpha value is -0.176. The second-order valence-corrected chi connectivity index (χ2v) is 5.45. The van der Waals surface area contributed by atoms with Gasteiger partial charge < -0.3 is 5.73 Å². The molecule has 0 fully saturated rings. The summed E-state index contributed by atoms with van der Waals surface area (Å²) in [4.78, 5) is 0. The molecule has 0 saturated heterocycles. The van der Waals surface area contributed by atoms with Crippen molar-refractivity contribution in [1.82, 2.24) is 0 Å². The zero-order valence-electron chi connectivity index (χ0n) is 13.1. The van der Waals surface area contributed by atoms with Crippen molar-refractivity contribution in [3.8, 4) is 0 Å². The number of rotatable bonds is 2. The number of allylic oxidation sites excluding steroid dienone is 4. The van der Waals surface area contributed by atoms with Crippen molar-refractivity contribution >= 4 is 30.4 Å². The summed E-state index contributed by atoms with van der Waals surface area (Å²) in [5.74, 6) is 0. The van der Waals surface area contributed by atoms with Gasteiger partial charge in [-0.2, -0.15) is 18.1 Å². The van der Waals surface area contributed by atoms with E-state index >= 15 is 0 Å². The molecule has 0 unspecified atom stereocenters. The van der Waals surface area contributed by atoms with Crippen molar-refractivity contribution in [3.05, 3.63) is 65.8 Å². The maximum atomic E-state index is 6.94. The minimum atomic E-state index is -0.250. The van der Waals surface area contributed by atoms with Crippen molar-refractivity contribution in [1.29, 1.82) is 0 Å². The van der Waals surface area contributed by atoms with Gasteiger partial charge in [0.1, 0.15) is 0 Å². The van der Waals surface area contributed by atoms with Crippen LogP contribution in [-0.2, 0) is 21.7 Å². The summed E-state index contributed by atoms with van der Waals surface area (Å²) in [5, 5.41) is 0. The summed E-state index contributed by atoms with van der Waals surface area (Å²) in [6, 6.07) is 8.53. The SMILES string of the molecule is CC(C)(C)[NH-].C[CH-]c1ccccc1C1=CC=CC1.Cl.Cl.[Ti+2]. The third-order valence-corrected chi connectivity index (χ3v) is 2.39. The van der Waals surface area contributed by atoms with E-state index in [1.165, 1.54) is 16.7 Å². The summed E-state index contributed by atoms with van der Waals surface area (Å²) in [6.45, 7) is 7.65. The first-order valence-corrected chi connectivity index (χ1v) is 6.41. The molecule has 1 aliphatic carbocycles. The fourth-order valence-electron chi connectivity index (χ4n) is 1.69. The van der Waals surface area contributed by atoms with Crippen molar-refractivity contribution in [2.24, 2.45) is 0 Å². The van der Waals surface area contributed by atoms with E-state index in [0.29, 0.717) is 0 Å². The van der Waals surface area contributed by atoms with Gasteiger partial charge in [0.15, 0.2) is 0 Å². The molecule has 0 atom stereocenters. The molecule has 2 rings (SSSR count). The summed E-state index contributed by atoms with van der Waals surface area (Å²) in [5.41, 5.74) is 10.8. The molecule has 1 nitrogen and oxygen atoms in total. The Morgan fingerprint density at radius 1 is 1.10 bits per heavy atom. The third-order valence-electron chi connectivity index (χ3n) is 2.39. The van der Waals surface area contributed by atoms with Crippen LogP contribution in [0.2, 0.25) is 0 Å². The standard InChI is InChI=1S/C13H13.C4H10N.2ClH.Ti/c1-2-11-7-5-6-10-13(11)12-8-3-4-9-12;1-4(2,3)5;;;/h2-8,10H,9H2,1H3;5H,1-3H3;2*1H;/q2*-1;;;+2. The molecule has 0 aliphatic heterocycles. The van der Waals surface area contributed by atoms with Crippen LogP contribution in [0.4, 0.5) is 0 Å². The average Bonchev–Trinajstić information content (AvgIpc) is 2.80. The van der Waals surface area contributed by atoms with Crippen molar-refractivity contribution in [2.75, 3.05) is 0 Å². The fourth-order valence-corrected chi connectivity index (χ4v) is 1.69. The number of hydrogen-bond acceptors (Lipinski definition) is 0. The van der Waals surface area contributed by atoms with Gasteiger partial charge in [0.25, 0.3) is 0 Å². The van der Waals surface area contributed by atoms with E-state index in [0.717, 1.165) is 6.42 Å². The minimum Gasteiger partial charge on any atom is -0.673 e. The Morgan fingerprint density at radius 2 is 1.62 bits per heavy atom. The van der Waals surface area contributed by atoms with E-state index in [4.69, 9.17) is 5.73 Å². The molecular weight excluding hydrogens is 337 g/mol. The molecule has 1 N–H and O–H groups in total. The Bertz CT molecular complexity index is 442. The minimum absolute atomic E-state index is 0. The second kappa shape index (κ2) is 12.4. The Kier molecular flexibility index (Phi) is 15.2. The van der Waals surface area contributed by atoms with E-state index in [-0.39, 0.29) is 52.1 Å². The van der Waals surface area contributed by atoms with Gasteiger partial charge in [0.05, 0.1) is 0 Å². The van der Waals surface area contributed by atoms with Crippen LogP contribution in [0.25, 0.3) is 11.3 Å². The molecule has 0 aromatic heterocycles. The maximum absolute atomic E-state index is 6.94. The smallest absolute Gasteiger partial charge is 0.673 e. The van der Waals surface area contributed by atoms with Gasteiger partial charge >= 0.3 is 21.7 Å². The largest absolute Gasteiger partial charge is 2.00 e. The molecular formula is C17H25Cl2NTi. The zero-order chi connectivity index (χ0) is 13.6. The van der Waals surface area contributed by atoms with Crippen LogP contribution < -0.4 is 0 Å².